The Balaban J connectivity index is 2.04. The highest BCUT2D eigenvalue weighted by molar-refractivity contribution is 6.32. The minimum atomic E-state index is -0.395. The first-order chi connectivity index (χ1) is 9.15. The first-order valence-corrected chi connectivity index (χ1v) is 6.02. The molecule has 0 radical (unpaired) electrons. The number of carbonyl (C=O) groups excluding carboxylic acids is 1. The lowest BCUT2D eigenvalue weighted by molar-refractivity contribution is -0.111. The Labute approximate surface area is 115 Å². The van der Waals surface area contributed by atoms with Crippen LogP contribution in [0.5, 0.6) is 0 Å². The normalized spacial score (nSPS) is 10.6. The van der Waals surface area contributed by atoms with Crippen molar-refractivity contribution in [2.45, 2.75) is 0 Å². The van der Waals surface area contributed by atoms with Crippen molar-refractivity contribution in [3.8, 4) is 0 Å². The lowest BCUT2D eigenvalue weighted by atomic mass is 10.2. The summed E-state index contributed by atoms with van der Waals surface area (Å²) in [7, 11) is 0. The summed E-state index contributed by atoms with van der Waals surface area (Å²) < 4.78 is 12.9. The van der Waals surface area contributed by atoms with Crippen LogP contribution >= 0.6 is 11.6 Å². The van der Waals surface area contributed by atoms with Crippen LogP contribution in [0.1, 0.15) is 5.56 Å². The van der Waals surface area contributed by atoms with Gasteiger partial charge in [-0.05, 0) is 35.9 Å². The van der Waals surface area contributed by atoms with E-state index in [1.807, 2.05) is 12.1 Å². The van der Waals surface area contributed by atoms with Crippen molar-refractivity contribution in [3.63, 3.8) is 0 Å². The molecule has 2 rings (SSSR count). The fraction of sp³-hybridized carbons (Fsp3) is 0. The van der Waals surface area contributed by atoms with Crippen molar-refractivity contribution >= 4 is 29.3 Å². The standard InChI is InChI=1S/C15H11ClFNO/c16-14-7-2-1-4-11(14)8-9-15(19)18-13-6-3-5-12(17)10-13/h1-10H,(H,18,19)/b9-8+. The highest BCUT2D eigenvalue weighted by Crippen LogP contribution is 2.16. The lowest BCUT2D eigenvalue weighted by Gasteiger charge is -2.01. The summed E-state index contributed by atoms with van der Waals surface area (Å²) in [6.45, 7) is 0. The second kappa shape index (κ2) is 6.16. The third-order valence-electron chi connectivity index (χ3n) is 2.41. The topological polar surface area (TPSA) is 29.1 Å². The van der Waals surface area contributed by atoms with E-state index in [4.69, 9.17) is 11.6 Å². The smallest absolute Gasteiger partial charge is 0.248 e. The number of anilines is 1. The molecule has 0 aliphatic carbocycles. The van der Waals surface area contributed by atoms with Crippen LogP contribution in [0.15, 0.2) is 54.6 Å². The summed E-state index contributed by atoms with van der Waals surface area (Å²) in [5.74, 6) is -0.738. The van der Waals surface area contributed by atoms with Gasteiger partial charge in [-0.1, -0.05) is 35.9 Å². The van der Waals surface area contributed by atoms with Crippen molar-refractivity contribution in [1.82, 2.24) is 0 Å². The molecular weight excluding hydrogens is 265 g/mol. The molecule has 0 aliphatic rings. The summed E-state index contributed by atoms with van der Waals surface area (Å²) in [4.78, 5) is 11.6. The van der Waals surface area contributed by atoms with Crippen LogP contribution in [0.2, 0.25) is 5.02 Å². The van der Waals surface area contributed by atoms with E-state index in [1.54, 1.807) is 24.3 Å². The van der Waals surface area contributed by atoms with Crippen LogP contribution < -0.4 is 5.32 Å². The molecule has 1 N–H and O–H groups in total. The Bertz CT molecular complexity index is 625. The Morgan fingerprint density at radius 2 is 1.95 bits per heavy atom. The molecule has 0 fully saturated rings. The van der Waals surface area contributed by atoms with Crippen LogP contribution in [0, 0.1) is 5.82 Å². The second-order valence-electron chi connectivity index (χ2n) is 3.85. The number of halogens is 2. The summed E-state index contributed by atoms with van der Waals surface area (Å²) in [5.41, 5.74) is 1.16. The van der Waals surface area contributed by atoms with E-state index in [2.05, 4.69) is 5.32 Å². The van der Waals surface area contributed by atoms with Gasteiger partial charge >= 0.3 is 0 Å². The largest absolute Gasteiger partial charge is 0.322 e. The fourth-order valence-corrected chi connectivity index (χ4v) is 1.72. The van der Waals surface area contributed by atoms with Gasteiger partial charge in [0, 0.05) is 16.8 Å². The average Bonchev–Trinajstić information content (AvgIpc) is 2.38. The van der Waals surface area contributed by atoms with Crippen LogP contribution in [0.4, 0.5) is 10.1 Å². The first-order valence-electron chi connectivity index (χ1n) is 5.64. The maximum Gasteiger partial charge on any atom is 0.248 e. The van der Waals surface area contributed by atoms with Crippen molar-refractivity contribution in [2.75, 3.05) is 5.32 Å². The molecule has 0 aliphatic heterocycles. The lowest BCUT2D eigenvalue weighted by Crippen LogP contribution is -2.07. The number of carbonyl (C=O) groups is 1. The number of hydrogen-bond acceptors (Lipinski definition) is 1. The van der Waals surface area contributed by atoms with E-state index < -0.39 is 5.82 Å². The molecule has 2 nitrogen and oxygen atoms in total. The van der Waals surface area contributed by atoms with E-state index in [0.717, 1.165) is 5.56 Å². The van der Waals surface area contributed by atoms with Crippen molar-refractivity contribution in [3.05, 3.63) is 71.0 Å². The van der Waals surface area contributed by atoms with Crippen molar-refractivity contribution < 1.29 is 9.18 Å². The van der Waals surface area contributed by atoms with Crippen LogP contribution in [-0.4, -0.2) is 5.91 Å². The number of nitrogens with one attached hydrogen (secondary N) is 1. The highest BCUT2D eigenvalue weighted by atomic mass is 35.5. The predicted octanol–water partition coefficient (Wildman–Crippen LogP) is 4.13. The molecule has 0 bridgehead atoms. The molecule has 0 atom stereocenters. The maximum atomic E-state index is 12.9. The molecular formula is C15H11ClFNO. The van der Waals surface area contributed by atoms with Crippen LogP contribution in [0.25, 0.3) is 6.08 Å². The Morgan fingerprint density at radius 1 is 1.16 bits per heavy atom. The van der Waals surface area contributed by atoms with Gasteiger partial charge in [-0.3, -0.25) is 4.79 Å². The summed E-state index contributed by atoms with van der Waals surface area (Å²) >= 11 is 5.96. The monoisotopic (exact) mass is 275 g/mol. The molecule has 2 aromatic carbocycles. The highest BCUT2D eigenvalue weighted by Gasteiger charge is 2.00. The zero-order chi connectivity index (χ0) is 13.7. The van der Waals surface area contributed by atoms with Crippen LogP contribution in [0.3, 0.4) is 0 Å². The zero-order valence-electron chi connectivity index (χ0n) is 9.94. The first kappa shape index (κ1) is 13.3. The van der Waals surface area contributed by atoms with Crippen molar-refractivity contribution in [1.29, 1.82) is 0 Å². The van der Waals surface area contributed by atoms with E-state index in [0.29, 0.717) is 10.7 Å². The van der Waals surface area contributed by atoms with E-state index in [1.165, 1.54) is 24.3 Å². The molecule has 0 unspecified atom stereocenters. The van der Waals surface area contributed by atoms with Gasteiger partial charge in [0.15, 0.2) is 0 Å². The van der Waals surface area contributed by atoms with Gasteiger partial charge in [0.2, 0.25) is 5.91 Å². The molecule has 0 saturated heterocycles. The number of benzene rings is 2. The minimum absolute atomic E-state index is 0.342. The Hall–Kier alpha value is -2.13. The summed E-state index contributed by atoms with van der Waals surface area (Å²) in [5, 5.41) is 3.13. The quantitative estimate of drug-likeness (QED) is 0.839. The van der Waals surface area contributed by atoms with Gasteiger partial charge in [0.1, 0.15) is 5.82 Å². The maximum absolute atomic E-state index is 12.9. The van der Waals surface area contributed by atoms with Crippen LogP contribution in [-0.2, 0) is 4.79 Å². The number of amides is 1. The molecule has 0 heterocycles. The minimum Gasteiger partial charge on any atom is -0.322 e. The molecule has 2 aromatic rings. The third kappa shape index (κ3) is 3.93. The SMILES string of the molecule is O=C(/C=C/c1ccccc1Cl)Nc1cccc(F)c1. The molecule has 0 aromatic heterocycles. The zero-order valence-corrected chi connectivity index (χ0v) is 10.7. The molecule has 1 amide bonds. The Morgan fingerprint density at radius 3 is 2.68 bits per heavy atom. The van der Waals surface area contributed by atoms with E-state index in [-0.39, 0.29) is 5.91 Å². The molecule has 96 valence electrons. The van der Waals surface area contributed by atoms with Gasteiger partial charge in [-0.2, -0.15) is 0 Å². The second-order valence-corrected chi connectivity index (χ2v) is 4.26. The average molecular weight is 276 g/mol. The van der Waals surface area contributed by atoms with Gasteiger partial charge in [-0.25, -0.2) is 4.39 Å². The molecule has 4 heteroatoms. The number of rotatable bonds is 3. The fourth-order valence-electron chi connectivity index (χ4n) is 1.53. The van der Waals surface area contributed by atoms with E-state index >= 15 is 0 Å². The third-order valence-corrected chi connectivity index (χ3v) is 2.76. The van der Waals surface area contributed by atoms with Gasteiger partial charge in [-0.15, -0.1) is 0 Å². The van der Waals surface area contributed by atoms with Gasteiger partial charge < -0.3 is 5.32 Å². The predicted molar refractivity (Wildman–Crippen MR) is 75.5 cm³/mol. The summed E-state index contributed by atoms with van der Waals surface area (Å²) in [6, 6.07) is 12.9. The van der Waals surface area contributed by atoms with Gasteiger partial charge in [0.05, 0.1) is 0 Å². The van der Waals surface area contributed by atoms with E-state index in [9.17, 15) is 9.18 Å². The van der Waals surface area contributed by atoms with Gasteiger partial charge in [0.25, 0.3) is 0 Å². The Kier molecular flexibility index (Phi) is 4.31. The molecule has 0 spiro atoms. The number of hydrogen-bond donors (Lipinski definition) is 1. The molecule has 19 heavy (non-hydrogen) atoms. The van der Waals surface area contributed by atoms with Crippen molar-refractivity contribution in [2.24, 2.45) is 0 Å². The summed E-state index contributed by atoms with van der Waals surface area (Å²) in [6.07, 6.45) is 2.96. The molecule has 0 saturated carbocycles.